The van der Waals surface area contributed by atoms with Crippen molar-refractivity contribution in [1.82, 2.24) is 9.99 Å². The Morgan fingerprint density at radius 1 is 1.17 bits per heavy atom. The van der Waals surface area contributed by atoms with Crippen LogP contribution in [0.2, 0.25) is 0 Å². The molecule has 0 spiro atoms. The highest BCUT2D eigenvalue weighted by molar-refractivity contribution is 7.20. The lowest BCUT2D eigenvalue weighted by atomic mass is 10.2. The fourth-order valence-corrected chi connectivity index (χ4v) is 4.71. The van der Waals surface area contributed by atoms with Crippen LogP contribution in [0, 0.1) is 24.0 Å². The molecule has 0 unspecified atom stereocenters. The van der Waals surface area contributed by atoms with Gasteiger partial charge in [-0.1, -0.05) is 6.07 Å². The molecule has 1 N–H and O–H groups in total. The number of carbonyl (C=O) groups excluding carboxylic acids is 2. The molecular formula is C25H22N4O5S. The molecule has 0 aliphatic rings. The molecule has 2 heterocycles. The lowest BCUT2D eigenvalue weighted by molar-refractivity contribution is -0.384. The van der Waals surface area contributed by atoms with E-state index in [9.17, 15) is 19.7 Å². The van der Waals surface area contributed by atoms with Crippen LogP contribution in [0.15, 0.2) is 59.7 Å². The molecule has 2 aromatic carbocycles. The predicted molar refractivity (Wildman–Crippen MR) is 135 cm³/mol. The van der Waals surface area contributed by atoms with E-state index in [2.05, 4.69) is 10.5 Å². The number of nitro groups is 1. The topological polar surface area (TPSA) is 116 Å². The van der Waals surface area contributed by atoms with Crippen molar-refractivity contribution in [3.8, 4) is 5.69 Å². The number of nitrogens with one attached hydrogen (secondary N) is 1. The number of ether oxygens (including phenoxy) is 1. The van der Waals surface area contributed by atoms with Crippen molar-refractivity contribution >= 4 is 45.2 Å². The first kappa shape index (κ1) is 23.8. The highest BCUT2D eigenvalue weighted by Crippen LogP contribution is 2.29. The van der Waals surface area contributed by atoms with Crippen LogP contribution in [0.3, 0.4) is 0 Å². The van der Waals surface area contributed by atoms with Gasteiger partial charge in [0, 0.05) is 44.9 Å². The quantitative estimate of drug-likeness (QED) is 0.166. The van der Waals surface area contributed by atoms with E-state index in [-0.39, 0.29) is 11.7 Å². The van der Waals surface area contributed by atoms with Gasteiger partial charge in [0.25, 0.3) is 11.6 Å². The second-order valence-electron chi connectivity index (χ2n) is 7.72. The number of hydrogen-bond donors (Lipinski definition) is 1. The van der Waals surface area contributed by atoms with Crippen molar-refractivity contribution in [3.63, 3.8) is 0 Å². The largest absolute Gasteiger partial charge is 0.462 e. The van der Waals surface area contributed by atoms with Crippen molar-refractivity contribution in [3.05, 3.63) is 92.1 Å². The molecule has 0 fully saturated rings. The number of esters is 1. The summed E-state index contributed by atoms with van der Waals surface area (Å²) in [6.07, 6.45) is 1.56. The van der Waals surface area contributed by atoms with Crippen molar-refractivity contribution in [2.75, 3.05) is 6.61 Å². The first-order chi connectivity index (χ1) is 16.8. The molecule has 0 bridgehead atoms. The van der Waals surface area contributed by atoms with E-state index in [0.29, 0.717) is 22.4 Å². The number of benzene rings is 2. The van der Waals surface area contributed by atoms with Crippen molar-refractivity contribution in [2.45, 2.75) is 20.8 Å². The first-order valence-corrected chi connectivity index (χ1v) is 11.6. The maximum absolute atomic E-state index is 12.6. The number of non-ortho nitro benzene ring substituents is 1. The van der Waals surface area contributed by atoms with Crippen LogP contribution < -0.4 is 5.43 Å². The average Bonchev–Trinajstić information content (AvgIpc) is 3.39. The molecule has 0 radical (unpaired) electrons. The summed E-state index contributed by atoms with van der Waals surface area (Å²) in [7, 11) is 0. The van der Waals surface area contributed by atoms with Crippen LogP contribution in [0.4, 0.5) is 5.69 Å². The predicted octanol–water partition coefficient (Wildman–Crippen LogP) is 5.16. The number of carbonyl (C=O) groups is 2. The Morgan fingerprint density at radius 3 is 2.71 bits per heavy atom. The van der Waals surface area contributed by atoms with Gasteiger partial charge in [-0.05, 0) is 57.2 Å². The van der Waals surface area contributed by atoms with Crippen LogP contribution in [0.1, 0.15) is 43.9 Å². The zero-order chi connectivity index (χ0) is 25.1. The number of thiophene rings is 1. The highest BCUT2D eigenvalue weighted by Gasteiger charge is 2.14. The van der Waals surface area contributed by atoms with Gasteiger partial charge in [0.05, 0.1) is 28.2 Å². The molecule has 2 aromatic heterocycles. The van der Waals surface area contributed by atoms with Gasteiger partial charge in [-0.3, -0.25) is 14.9 Å². The third-order valence-electron chi connectivity index (χ3n) is 5.39. The van der Waals surface area contributed by atoms with Crippen LogP contribution in [0.25, 0.3) is 15.8 Å². The van der Waals surface area contributed by atoms with E-state index < -0.39 is 10.8 Å². The van der Waals surface area contributed by atoms with Gasteiger partial charge in [-0.15, -0.1) is 11.3 Å². The fourth-order valence-electron chi connectivity index (χ4n) is 3.77. The summed E-state index contributed by atoms with van der Waals surface area (Å²) in [6.45, 7) is 5.93. The standard InChI is InChI=1S/C25H22N4O5S/c1-4-34-25(31)17-6-5-7-20(11-17)28-15(2)10-19(16(28)3)14-26-27-24(30)23-13-18-12-21(29(32)33)8-9-22(18)35-23/h5-14H,4H2,1-3H3,(H,27,30)/b26-14-. The average molecular weight is 491 g/mol. The summed E-state index contributed by atoms with van der Waals surface area (Å²) in [5.74, 6) is -0.779. The minimum Gasteiger partial charge on any atom is -0.462 e. The van der Waals surface area contributed by atoms with Gasteiger partial charge < -0.3 is 9.30 Å². The second-order valence-corrected chi connectivity index (χ2v) is 8.81. The van der Waals surface area contributed by atoms with Gasteiger partial charge in [-0.2, -0.15) is 5.10 Å². The molecule has 178 valence electrons. The summed E-state index contributed by atoms with van der Waals surface area (Å²) >= 11 is 1.24. The minimum atomic E-state index is -0.468. The maximum Gasteiger partial charge on any atom is 0.338 e. The van der Waals surface area contributed by atoms with E-state index in [0.717, 1.165) is 27.3 Å². The third kappa shape index (κ3) is 4.97. The van der Waals surface area contributed by atoms with E-state index in [1.807, 2.05) is 30.5 Å². The Balaban J connectivity index is 1.52. The monoisotopic (exact) mass is 490 g/mol. The number of hydrazone groups is 1. The second kappa shape index (κ2) is 9.90. The number of fused-ring (bicyclic) bond motifs is 1. The summed E-state index contributed by atoms with van der Waals surface area (Å²) in [4.78, 5) is 35.6. The smallest absolute Gasteiger partial charge is 0.338 e. The third-order valence-corrected chi connectivity index (χ3v) is 6.50. The maximum atomic E-state index is 12.6. The molecular weight excluding hydrogens is 468 g/mol. The van der Waals surface area contributed by atoms with Crippen LogP contribution in [-0.4, -0.2) is 34.2 Å². The zero-order valence-corrected chi connectivity index (χ0v) is 20.1. The molecule has 4 rings (SSSR count). The molecule has 35 heavy (non-hydrogen) atoms. The Labute approximate surface area is 204 Å². The number of aryl methyl sites for hydroxylation is 1. The Bertz CT molecular complexity index is 1480. The van der Waals surface area contributed by atoms with Gasteiger partial charge >= 0.3 is 5.97 Å². The number of nitrogens with zero attached hydrogens (tertiary/aromatic N) is 3. The Kier molecular flexibility index (Phi) is 6.74. The van der Waals surface area contributed by atoms with Gasteiger partial charge in [0.15, 0.2) is 0 Å². The molecule has 10 heteroatoms. The van der Waals surface area contributed by atoms with Crippen LogP contribution in [-0.2, 0) is 4.74 Å². The molecule has 0 aliphatic heterocycles. The lowest BCUT2D eigenvalue weighted by Gasteiger charge is -2.11. The fraction of sp³-hybridized carbons (Fsp3) is 0.160. The summed E-state index contributed by atoms with van der Waals surface area (Å²) in [5.41, 5.74) is 6.39. The summed E-state index contributed by atoms with van der Waals surface area (Å²) in [5, 5.41) is 15.7. The van der Waals surface area contributed by atoms with E-state index in [1.165, 1.54) is 23.5 Å². The zero-order valence-electron chi connectivity index (χ0n) is 19.3. The van der Waals surface area contributed by atoms with Crippen LogP contribution >= 0.6 is 11.3 Å². The Hall–Kier alpha value is -4.31. The highest BCUT2D eigenvalue weighted by atomic mass is 32.1. The van der Waals surface area contributed by atoms with E-state index in [1.54, 1.807) is 43.5 Å². The molecule has 0 atom stereocenters. The van der Waals surface area contributed by atoms with Gasteiger partial charge in [0.1, 0.15) is 0 Å². The van der Waals surface area contributed by atoms with Gasteiger partial charge in [0.2, 0.25) is 0 Å². The molecule has 1 amide bonds. The molecule has 0 saturated heterocycles. The number of amides is 1. The van der Waals surface area contributed by atoms with Crippen molar-refractivity contribution < 1.29 is 19.2 Å². The minimum absolute atomic E-state index is 0.0246. The Morgan fingerprint density at radius 2 is 1.97 bits per heavy atom. The normalized spacial score (nSPS) is 11.2. The number of aromatic nitrogens is 1. The first-order valence-electron chi connectivity index (χ1n) is 10.8. The number of nitro benzene ring substituents is 1. The molecule has 0 saturated carbocycles. The molecule has 4 aromatic rings. The molecule has 9 nitrogen and oxygen atoms in total. The van der Waals surface area contributed by atoms with E-state index >= 15 is 0 Å². The summed E-state index contributed by atoms with van der Waals surface area (Å²) in [6, 6.07) is 15.2. The van der Waals surface area contributed by atoms with E-state index in [4.69, 9.17) is 4.74 Å². The molecule has 0 aliphatic carbocycles. The number of rotatable bonds is 7. The lowest BCUT2D eigenvalue weighted by Crippen LogP contribution is -2.16. The van der Waals surface area contributed by atoms with Crippen molar-refractivity contribution in [2.24, 2.45) is 5.10 Å². The van der Waals surface area contributed by atoms with Gasteiger partial charge in [-0.25, -0.2) is 10.2 Å². The van der Waals surface area contributed by atoms with Crippen LogP contribution in [0.5, 0.6) is 0 Å². The SMILES string of the molecule is CCOC(=O)c1cccc(-n2c(C)cc(/C=N\NC(=O)c3cc4cc([N+](=O)[O-])ccc4s3)c2C)c1. The summed E-state index contributed by atoms with van der Waals surface area (Å²) < 4.78 is 7.86. The number of hydrogen-bond acceptors (Lipinski definition) is 7. The van der Waals surface area contributed by atoms with Crippen molar-refractivity contribution in [1.29, 1.82) is 0 Å².